The van der Waals surface area contributed by atoms with Crippen molar-refractivity contribution in [2.45, 2.75) is 20.0 Å². The molecule has 154 valence electrons. The minimum atomic E-state index is -0.434. The van der Waals surface area contributed by atoms with E-state index in [1.807, 2.05) is 86.6 Å². The second-order valence-electron chi connectivity index (χ2n) is 7.58. The van der Waals surface area contributed by atoms with Gasteiger partial charge in [-0.3, -0.25) is 0 Å². The summed E-state index contributed by atoms with van der Waals surface area (Å²) in [5.74, 6) is 1.25. The molecule has 0 aliphatic heterocycles. The van der Waals surface area contributed by atoms with Crippen molar-refractivity contribution in [3.63, 3.8) is 0 Å². The summed E-state index contributed by atoms with van der Waals surface area (Å²) in [6, 6.07) is 24.7. The zero-order chi connectivity index (χ0) is 21.4. The van der Waals surface area contributed by atoms with Crippen LogP contribution in [0.25, 0.3) is 33.1 Å². The SMILES string of the molecule is CC(C)Oc1ccc(-c2c(Nc3ccccc3)oc3c2c(=O)oc2ccccc23)cc1. The van der Waals surface area contributed by atoms with Gasteiger partial charge in [0, 0.05) is 5.69 Å². The molecular formula is C26H21NO4. The molecule has 0 bridgehead atoms. The lowest BCUT2D eigenvalue weighted by molar-refractivity contribution is 0.242. The Balaban J connectivity index is 1.75. The third-order valence-electron chi connectivity index (χ3n) is 4.99. The first-order valence-corrected chi connectivity index (χ1v) is 10.2. The van der Waals surface area contributed by atoms with E-state index >= 15 is 0 Å². The summed E-state index contributed by atoms with van der Waals surface area (Å²) >= 11 is 0. The van der Waals surface area contributed by atoms with E-state index in [9.17, 15) is 4.79 Å². The smallest absolute Gasteiger partial charge is 0.348 e. The zero-order valence-corrected chi connectivity index (χ0v) is 17.2. The van der Waals surface area contributed by atoms with Crippen molar-refractivity contribution in [3.05, 3.63) is 89.3 Å². The number of para-hydroxylation sites is 2. The van der Waals surface area contributed by atoms with Gasteiger partial charge in [0.05, 0.1) is 17.1 Å². The predicted molar refractivity (Wildman–Crippen MR) is 123 cm³/mol. The van der Waals surface area contributed by atoms with Crippen LogP contribution in [0.4, 0.5) is 11.6 Å². The first kappa shape index (κ1) is 19.0. The van der Waals surface area contributed by atoms with Crippen molar-refractivity contribution in [1.82, 2.24) is 0 Å². The highest BCUT2D eigenvalue weighted by Crippen LogP contribution is 2.41. The third-order valence-corrected chi connectivity index (χ3v) is 4.99. The number of fused-ring (bicyclic) bond motifs is 3. The highest BCUT2D eigenvalue weighted by molar-refractivity contribution is 6.10. The molecule has 0 saturated carbocycles. The molecule has 5 rings (SSSR count). The van der Waals surface area contributed by atoms with Gasteiger partial charge in [0.15, 0.2) is 5.58 Å². The van der Waals surface area contributed by atoms with Gasteiger partial charge in [-0.15, -0.1) is 0 Å². The van der Waals surface area contributed by atoms with Crippen molar-refractivity contribution in [1.29, 1.82) is 0 Å². The Kier molecular flexibility index (Phi) is 4.71. The van der Waals surface area contributed by atoms with Crippen LogP contribution in [-0.2, 0) is 0 Å². The van der Waals surface area contributed by atoms with Crippen LogP contribution >= 0.6 is 0 Å². The Hall–Kier alpha value is -3.99. The van der Waals surface area contributed by atoms with Gasteiger partial charge in [0.1, 0.15) is 16.7 Å². The minimum Gasteiger partial charge on any atom is -0.491 e. The Morgan fingerprint density at radius 2 is 1.55 bits per heavy atom. The van der Waals surface area contributed by atoms with Crippen LogP contribution in [0.1, 0.15) is 13.8 Å². The fourth-order valence-electron chi connectivity index (χ4n) is 3.70. The van der Waals surface area contributed by atoms with Crippen LogP contribution in [-0.4, -0.2) is 6.10 Å². The number of benzene rings is 3. The number of anilines is 2. The number of ether oxygens (including phenoxy) is 1. The summed E-state index contributed by atoms with van der Waals surface area (Å²) in [5, 5.41) is 4.48. The molecule has 0 amide bonds. The van der Waals surface area contributed by atoms with Crippen molar-refractivity contribution >= 4 is 33.5 Å². The molecule has 0 spiro atoms. The van der Waals surface area contributed by atoms with E-state index in [4.69, 9.17) is 13.6 Å². The van der Waals surface area contributed by atoms with Gasteiger partial charge >= 0.3 is 5.63 Å². The molecule has 0 unspecified atom stereocenters. The van der Waals surface area contributed by atoms with Gasteiger partial charge in [-0.1, -0.05) is 42.5 Å². The second kappa shape index (κ2) is 7.69. The Labute approximate surface area is 178 Å². The van der Waals surface area contributed by atoms with Crippen molar-refractivity contribution in [3.8, 4) is 16.9 Å². The molecule has 0 atom stereocenters. The molecule has 0 aliphatic carbocycles. The average molecular weight is 411 g/mol. The Morgan fingerprint density at radius 3 is 2.29 bits per heavy atom. The Bertz CT molecular complexity index is 1410. The average Bonchev–Trinajstić information content (AvgIpc) is 3.14. The predicted octanol–water partition coefficient (Wildman–Crippen LogP) is 6.74. The van der Waals surface area contributed by atoms with E-state index in [0.29, 0.717) is 28.0 Å². The summed E-state index contributed by atoms with van der Waals surface area (Å²) in [6.07, 6.45) is 0.0781. The lowest BCUT2D eigenvalue weighted by Gasteiger charge is -2.10. The van der Waals surface area contributed by atoms with Crippen LogP contribution in [0, 0.1) is 0 Å². The van der Waals surface area contributed by atoms with Gasteiger partial charge in [-0.25, -0.2) is 4.79 Å². The lowest BCUT2D eigenvalue weighted by Crippen LogP contribution is -2.05. The highest BCUT2D eigenvalue weighted by atomic mass is 16.5. The van der Waals surface area contributed by atoms with Crippen molar-refractivity contribution in [2.75, 3.05) is 5.32 Å². The molecule has 5 heteroatoms. The molecule has 31 heavy (non-hydrogen) atoms. The number of furan rings is 1. The maximum atomic E-state index is 13.0. The molecule has 3 aromatic carbocycles. The van der Waals surface area contributed by atoms with Crippen LogP contribution in [0.2, 0.25) is 0 Å². The van der Waals surface area contributed by atoms with Crippen molar-refractivity contribution < 1.29 is 13.6 Å². The molecular weight excluding hydrogens is 390 g/mol. The number of hydrogen-bond acceptors (Lipinski definition) is 5. The molecule has 2 aromatic heterocycles. The molecule has 0 radical (unpaired) electrons. The topological polar surface area (TPSA) is 64.6 Å². The summed E-state index contributed by atoms with van der Waals surface area (Å²) in [4.78, 5) is 13.0. The molecule has 2 heterocycles. The molecule has 0 saturated heterocycles. The molecule has 0 aliphatic rings. The second-order valence-corrected chi connectivity index (χ2v) is 7.58. The number of rotatable bonds is 5. The lowest BCUT2D eigenvalue weighted by atomic mass is 10.0. The first-order valence-electron chi connectivity index (χ1n) is 10.2. The molecule has 5 aromatic rings. The van der Waals surface area contributed by atoms with E-state index in [-0.39, 0.29) is 6.10 Å². The Morgan fingerprint density at radius 1 is 0.839 bits per heavy atom. The van der Waals surface area contributed by atoms with E-state index in [2.05, 4.69) is 5.32 Å². The van der Waals surface area contributed by atoms with Gasteiger partial charge in [-0.05, 0) is 55.8 Å². The molecule has 1 N–H and O–H groups in total. The zero-order valence-electron chi connectivity index (χ0n) is 17.2. The van der Waals surface area contributed by atoms with Crippen LogP contribution in [0.3, 0.4) is 0 Å². The molecule has 0 fully saturated rings. The fraction of sp³-hybridized carbons (Fsp3) is 0.115. The van der Waals surface area contributed by atoms with Gasteiger partial charge < -0.3 is 18.9 Å². The normalized spacial score (nSPS) is 11.3. The maximum absolute atomic E-state index is 13.0. The monoisotopic (exact) mass is 411 g/mol. The number of nitrogens with one attached hydrogen (secondary N) is 1. The van der Waals surface area contributed by atoms with E-state index in [0.717, 1.165) is 22.4 Å². The molecule has 5 nitrogen and oxygen atoms in total. The van der Waals surface area contributed by atoms with Crippen LogP contribution in [0.5, 0.6) is 5.75 Å². The summed E-state index contributed by atoms with van der Waals surface area (Å²) in [6.45, 7) is 3.96. The van der Waals surface area contributed by atoms with Gasteiger partial charge in [-0.2, -0.15) is 0 Å². The third kappa shape index (κ3) is 3.55. The van der Waals surface area contributed by atoms with Gasteiger partial charge in [0.2, 0.25) is 5.88 Å². The maximum Gasteiger partial charge on any atom is 0.348 e. The fourth-order valence-corrected chi connectivity index (χ4v) is 3.70. The summed E-state index contributed by atoms with van der Waals surface area (Å²) in [5.41, 5.74) is 2.91. The van der Waals surface area contributed by atoms with E-state index < -0.39 is 5.63 Å². The van der Waals surface area contributed by atoms with Crippen molar-refractivity contribution in [2.24, 2.45) is 0 Å². The quantitative estimate of drug-likeness (QED) is 0.325. The van der Waals surface area contributed by atoms with Crippen LogP contribution in [0.15, 0.2) is 92.5 Å². The van der Waals surface area contributed by atoms with Crippen LogP contribution < -0.4 is 15.7 Å². The first-order chi connectivity index (χ1) is 15.1. The summed E-state index contributed by atoms with van der Waals surface area (Å²) in [7, 11) is 0. The van der Waals surface area contributed by atoms with E-state index in [1.54, 1.807) is 6.07 Å². The minimum absolute atomic E-state index is 0.0781. The highest BCUT2D eigenvalue weighted by Gasteiger charge is 2.22. The standard InChI is InChI=1S/C26H21NO4/c1-16(2)29-19-14-12-17(13-15-19)22-23-24(20-10-6-7-11-21(20)30-26(23)28)31-25(22)27-18-8-4-3-5-9-18/h3-16,27H,1-2H3. The van der Waals surface area contributed by atoms with Gasteiger partial charge in [0.25, 0.3) is 0 Å². The largest absolute Gasteiger partial charge is 0.491 e. The summed E-state index contributed by atoms with van der Waals surface area (Å²) < 4.78 is 17.6. The van der Waals surface area contributed by atoms with E-state index in [1.165, 1.54) is 0 Å². The number of hydrogen-bond donors (Lipinski definition) is 1.